The van der Waals surface area contributed by atoms with E-state index < -0.39 is 0 Å². The molecule has 4 nitrogen and oxygen atoms in total. The third-order valence-corrected chi connectivity index (χ3v) is 2.45. The van der Waals surface area contributed by atoms with Crippen LogP contribution >= 0.6 is 0 Å². The minimum atomic E-state index is -0.111. The largest absolute Gasteiger partial charge is 0.496 e. The van der Waals surface area contributed by atoms with Gasteiger partial charge in [-0.05, 0) is 30.9 Å². The van der Waals surface area contributed by atoms with Crippen LogP contribution in [-0.4, -0.2) is 13.0 Å². The van der Waals surface area contributed by atoms with Crippen LogP contribution in [0.3, 0.4) is 0 Å². The van der Waals surface area contributed by atoms with Gasteiger partial charge in [0.1, 0.15) is 5.75 Å². The van der Waals surface area contributed by atoms with Gasteiger partial charge in [0.15, 0.2) is 0 Å². The Morgan fingerprint density at radius 1 is 1.38 bits per heavy atom. The molecule has 16 heavy (non-hydrogen) atoms. The monoisotopic (exact) mass is 222 g/mol. The van der Waals surface area contributed by atoms with Crippen molar-refractivity contribution >= 4 is 5.91 Å². The van der Waals surface area contributed by atoms with Crippen LogP contribution < -0.4 is 16.0 Å². The van der Waals surface area contributed by atoms with Crippen LogP contribution in [0.5, 0.6) is 5.75 Å². The third kappa shape index (κ3) is 3.90. The van der Waals surface area contributed by atoms with E-state index in [0.717, 1.165) is 25.0 Å². The van der Waals surface area contributed by atoms with Gasteiger partial charge < -0.3 is 4.74 Å². The molecule has 0 radical (unpaired) electrons. The van der Waals surface area contributed by atoms with E-state index in [0.29, 0.717) is 6.42 Å². The predicted octanol–water partition coefficient (Wildman–Crippen LogP) is 1.40. The summed E-state index contributed by atoms with van der Waals surface area (Å²) in [6.07, 6.45) is 3.18. The number of amides is 1. The maximum atomic E-state index is 10.9. The van der Waals surface area contributed by atoms with Crippen LogP contribution in [0.2, 0.25) is 0 Å². The molecule has 0 atom stereocenters. The number of carbonyl (C=O) groups excluding carboxylic acids is 1. The first kappa shape index (κ1) is 12.5. The molecule has 0 aliphatic carbocycles. The van der Waals surface area contributed by atoms with E-state index in [1.165, 1.54) is 5.56 Å². The fraction of sp³-hybridized carbons (Fsp3) is 0.417. The Balaban J connectivity index is 2.34. The van der Waals surface area contributed by atoms with Gasteiger partial charge in [-0.1, -0.05) is 18.2 Å². The molecule has 0 aliphatic heterocycles. The van der Waals surface area contributed by atoms with E-state index in [4.69, 9.17) is 10.6 Å². The summed E-state index contributed by atoms with van der Waals surface area (Å²) in [5, 5.41) is 0. The molecular weight excluding hydrogens is 204 g/mol. The van der Waals surface area contributed by atoms with E-state index >= 15 is 0 Å². The number of ether oxygens (including phenoxy) is 1. The Kier molecular flexibility index (Phi) is 5.36. The van der Waals surface area contributed by atoms with Gasteiger partial charge in [-0.2, -0.15) is 0 Å². The molecule has 0 unspecified atom stereocenters. The third-order valence-electron chi connectivity index (χ3n) is 2.45. The number of methoxy groups -OCH3 is 1. The molecule has 1 aromatic rings. The average molecular weight is 222 g/mol. The zero-order valence-corrected chi connectivity index (χ0v) is 9.53. The molecule has 0 spiro atoms. The first-order chi connectivity index (χ1) is 7.77. The Morgan fingerprint density at radius 2 is 2.12 bits per heavy atom. The molecule has 1 aromatic carbocycles. The normalized spacial score (nSPS) is 9.88. The fourth-order valence-corrected chi connectivity index (χ4v) is 1.58. The van der Waals surface area contributed by atoms with Gasteiger partial charge in [0.25, 0.3) is 0 Å². The summed E-state index contributed by atoms with van der Waals surface area (Å²) in [7, 11) is 1.67. The summed E-state index contributed by atoms with van der Waals surface area (Å²) in [5.74, 6) is 5.79. The van der Waals surface area contributed by atoms with Crippen molar-refractivity contribution < 1.29 is 9.53 Å². The van der Waals surface area contributed by atoms with Crippen molar-refractivity contribution in [1.29, 1.82) is 0 Å². The van der Waals surface area contributed by atoms with Crippen LogP contribution in [0.4, 0.5) is 0 Å². The lowest BCUT2D eigenvalue weighted by Gasteiger charge is -2.07. The van der Waals surface area contributed by atoms with Gasteiger partial charge in [0, 0.05) is 6.42 Å². The molecule has 0 saturated heterocycles. The Labute approximate surface area is 95.8 Å². The van der Waals surface area contributed by atoms with Crippen molar-refractivity contribution in [2.75, 3.05) is 7.11 Å². The maximum absolute atomic E-state index is 10.9. The summed E-state index contributed by atoms with van der Waals surface area (Å²) in [6.45, 7) is 0. The standard InChI is InChI=1S/C12H18N2O2/c1-16-11-8-4-2-6-10(11)7-3-5-9-12(15)14-13/h2,4,6,8H,3,5,7,9,13H2,1H3,(H,14,15). The first-order valence-corrected chi connectivity index (χ1v) is 5.39. The van der Waals surface area contributed by atoms with E-state index in [1.54, 1.807) is 7.11 Å². The van der Waals surface area contributed by atoms with Crippen molar-refractivity contribution in [3.05, 3.63) is 29.8 Å². The molecule has 1 amide bonds. The van der Waals surface area contributed by atoms with Crippen LogP contribution in [0.1, 0.15) is 24.8 Å². The van der Waals surface area contributed by atoms with Gasteiger partial charge in [0.05, 0.1) is 7.11 Å². The second-order valence-electron chi connectivity index (χ2n) is 3.59. The van der Waals surface area contributed by atoms with Crippen molar-refractivity contribution in [2.24, 2.45) is 5.84 Å². The molecule has 3 N–H and O–H groups in total. The van der Waals surface area contributed by atoms with Gasteiger partial charge in [-0.25, -0.2) is 5.84 Å². The summed E-state index contributed by atoms with van der Waals surface area (Å²) in [5.41, 5.74) is 3.30. The van der Waals surface area contributed by atoms with Crippen molar-refractivity contribution in [3.8, 4) is 5.75 Å². The average Bonchev–Trinajstić information content (AvgIpc) is 2.34. The summed E-state index contributed by atoms with van der Waals surface area (Å²) in [4.78, 5) is 10.9. The van der Waals surface area contributed by atoms with E-state index in [1.807, 2.05) is 24.3 Å². The Morgan fingerprint density at radius 3 is 2.81 bits per heavy atom. The number of unbranched alkanes of at least 4 members (excludes halogenated alkanes) is 1. The molecule has 0 aliphatic rings. The minimum absolute atomic E-state index is 0.111. The van der Waals surface area contributed by atoms with Gasteiger partial charge in [0.2, 0.25) is 5.91 Å². The summed E-state index contributed by atoms with van der Waals surface area (Å²) >= 11 is 0. The number of aryl methyl sites for hydroxylation is 1. The maximum Gasteiger partial charge on any atom is 0.233 e. The summed E-state index contributed by atoms with van der Waals surface area (Å²) < 4.78 is 5.25. The molecule has 0 aromatic heterocycles. The quantitative estimate of drug-likeness (QED) is 0.331. The van der Waals surface area contributed by atoms with E-state index in [-0.39, 0.29) is 5.91 Å². The highest BCUT2D eigenvalue weighted by molar-refractivity contribution is 5.75. The van der Waals surface area contributed by atoms with Crippen molar-refractivity contribution in [2.45, 2.75) is 25.7 Å². The van der Waals surface area contributed by atoms with Gasteiger partial charge in [-0.3, -0.25) is 10.2 Å². The van der Waals surface area contributed by atoms with Crippen molar-refractivity contribution in [3.63, 3.8) is 0 Å². The van der Waals surface area contributed by atoms with Crippen molar-refractivity contribution in [1.82, 2.24) is 5.43 Å². The summed E-state index contributed by atoms with van der Waals surface area (Å²) in [6, 6.07) is 7.93. The van der Waals surface area contributed by atoms with E-state index in [2.05, 4.69) is 5.43 Å². The van der Waals surface area contributed by atoms with Crippen LogP contribution in [0.15, 0.2) is 24.3 Å². The predicted molar refractivity (Wildman–Crippen MR) is 62.9 cm³/mol. The lowest BCUT2D eigenvalue weighted by Crippen LogP contribution is -2.29. The highest BCUT2D eigenvalue weighted by Gasteiger charge is 2.02. The number of nitrogens with two attached hydrogens (primary N) is 1. The Bertz CT molecular complexity index is 340. The zero-order valence-electron chi connectivity index (χ0n) is 9.53. The lowest BCUT2D eigenvalue weighted by molar-refractivity contribution is -0.121. The number of hydrogen-bond acceptors (Lipinski definition) is 3. The highest BCUT2D eigenvalue weighted by Crippen LogP contribution is 2.19. The minimum Gasteiger partial charge on any atom is -0.496 e. The number of nitrogens with one attached hydrogen (secondary N) is 1. The number of hydrazine groups is 1. The number of rotatable bonds is 6. The highest BCUT2D eigenvalue weighted by atomic mass is 16.5. The number of benzene rings is 1. The zero-order chi connectivity index (χ0) is 11.8. The fourth-order valence-electron chi connectivity index (χ4n) is 1.58. The van der Waals surface area contributed by atoms with Gasteiger partial charge >= 0.3 is 0 Å². The van der Waals surface area contributed by atoms with E-state index in [9.17, 15) is 4.79 Å². The molecule has 0 bridgehead atoms. The van der Waals surface area contributed by atoms with Crippen LogP contribution in [-0.2, 0) is 11.2 Å². The SMILES string of the molecule is COc1ccccc1CCCCC(=O)NN. The molecule has 0 heterocycles. The molecule has 0 saturated carbocycles. The topological polar surface area (TPSA) is 64.3 Å². The Hall–Kier alpha value is -1.55. The lowest BCUT2D eigenvalue weighted by atomic mass is 10.1. The molecule has 0 fully saturated rings. The molecule has 4 heteroatoms. The first-order valence-electron chi connectivity index (χ1n) is 5.39. The molecule has 1 rings (SSSR count). The van der Waals surface area contributed by atoms with Crippen LogP contribution in [0, 0.1) is 0 Å². The number of hydrogen-bond donors (Lipinski definition) is 2. The second kappa shape index (κ2) is 6.85. The smallest absolute Gasteiger partial charge is 0.233 e. The second-order valence-corrected chi connectivity index (χ2v) is 3.59. The molecule has 88 valence electrons. The van der Waals surface area contributed by atoms with Crippen LogP contribution in [0.25, 0.3) is 0 Å². The van der Waals surface area contributed by atoms with Gasteiger partial charge in [-0.15, -0.1) is 0 Å². The molecular formula is C12H18N2O2. The number of para-hydroxylation sites is 1. The number of carbonyl (C=O) groups is 1.